The highest BCUT2D eigenvalue weighted by molar-refractivity contribution is 5.68. The number of nitrogens with one attached hydrogen (secondary N) is 1. The molecule has 16 heavy (non-hydrogen) atoms. The van der Waals surface area contributed by atoms with Crippen molar-refractivity contribution in [1.29, 1.82) is 0 Å². The first-order valence-electron chi connectivity index (χ1n) is 5.35. The Morgan fingerprint density at radius 3 is 2.00 bits per heavy atom. The minimum Gasteiger partial charge on any atom is -0.446 e. The number of amides is 1. The van der Waals surface area contributed by atoms with Gasteiger partial charge in [-0.3, -0.25) is 0 Å². The lowest BCUT2D eigenvalue weighted by molar-refractivity contribution is 0.0282. The van der Waals surface area contributed by atoms with Gasteiger partial charge in [0.1, 0.15) is 6.10 Å². The van der Waals surface area contributed by atoms with Gasteiger partial charge in [-0.05, 0) is 19.3 Å². The van der Waals surface area contributed by atoms with Gasteiger partial charge < -0.3 is 20.3 Å². The van der Waals surface area contributed by atoms with E-state index >= 15 is 0 Å². The van der Waals surface area contributed by atoms with Gasteiger partial charge in [-0.1, -0.05) is 20.8 Å². The number of ether oxygens (including phenoxy) is 1. The number of hydrogen-bond donors (Lipinski definition) is 3. The molecule has 0 heterocycles. The molecule has 1 amide bonds. The second-order valence-electron chi connectivity index (χ2n) is 5.42. The monoisotopic (exact) mass is 233 g/mol. The lowest BCUT2D eigenvalue weighted by Gasteiger charge is -2.30. The highest BCUT2D eigenvalue weighted by atomic mass is 16.6. The molecule has 96 valence electrons. The molecule has 0 aromatic heterocycles. The van der Waals surface area contributed by atoms with Crippen molar-refractivity contribution in [1.82, 2.24) is 5.32 Å². The van der Waals surface area contributed by atoms with Crippen LogP contribution in [0.3, 0.4) is 0 Å². The number of carbonyl (C=O) groups excluding carboxylic acids is 1. The summed E-state index contributed by atoms with van der Waals surface area (Å²) in [6.07, 6.45) is -0.887. The molecule has 0 aliphatic heterocycles. The van der Waals surface area contributed by atoms with E-state index in [0.29, 0.717) is 0 Å². The third-order valence-corrected chi connectivity index (χ3v) is 2.61. The highest BCUT2D eigenvalue weighted by Crippen LogP contribution is 2.21. The van der Waals surface area contributed by atoms with Crippen LogP contribution in [0.15, 0.2) is 0 Å². The van der Waals surface area contributed by atoms with E-state index in [2.05, 4.69) is 5.32 Å². The fraction of sp³-hybridized carbons (Fsp3) is 0.909. The molecule has 0 fully saturated rings. The maximum Gasteiger partial charge on any atom is 0.408 e. The second-order valence-corrected chi connectivity index (χ2v) is 5.42. The van der Waals surface area contributed by atoms with E-state index in [0.717, 1.165) is 0 Å². The van der Waals surface area contributed by atoms with Crippen LogP contribution in [0.5, 0.6) is 0 Å². The minimum atomic E-state index is -1.05. The van der Waals surface area contributed by atoms with Crippen molar-refractivity contribution in [3.63, 3.8) is 0 Å². The van der Waals surface area contributed by atoms with Crippen LogP contribution in [0.25, 0.3) is 0 Å². The molecular weight excluding hydrogens is 210 g/mol. The quantitative estimate of drug-likeness (QED) is 0.674. The largest absolute Gasteiger partial charge is 0.446 e. The Bertz CT molecular complexity index is 231. The summed E-state index contributed by atoms with van der Waals surface area (Å²) in [6, 6.07) is 0. The van der Waals surface area contributed by atoms with Crippen LogP contribution >= 0.6 is 0 Å². The summed E-state index contributed by atoms with van der Waals surface area (Å²) in [7, 11) is 0. The van der Waals surface area contributed by atoms with Crippen molar-refractivity contribution in [2.75, 3.05) is 13.2 Å². The molecule has 1 atom stereocenters. The fourth-order valence-corrected chi connectivity index (χ4v) is 0.742. The normalized spacial score (nSPS) is 14.4. The first kappa shape index (κ1) is 15.2. The average molecular weight is 233 g/mol. The number of hydrogen-bond acceptors (Lipinski definition) is 4. The summed E-state index contributed by atoms with van der Waals surface area (Å²) in [4.78, 5) is 11.5. The van der Waals surface area contributed by atoms with Crippen molar-refractivity contribution in [2.45, 2.75) is 46.3 Å². The van der Waals surface area contributed by atoms with Crippen LogP contribution in [0, 0.1) is 5.41 Å². The Labute approximate surface area is 96.8 Å². The molecule has 0 saturated carbocycles. The molecule has 0 aromatic carbocycles. The van der Waals surface area contributed by atoms with Crippen molar-refractivity contribution in [3.05, 3.63) is 0 Å². The molecule has 0 aromatic rings. The predicted octanol–water partition coefficient (Wildman–Crippen LogP) is 0.890. The standard InChI is InChI=1S/C11H23NO4/c1-8(10(2,3)4)16-9(15)12-11(5,6-13)7-14/h8,13-14H,6-7H2,1-5H3,(H,12,15)/t8-/m1/s1. The third kappa shape index (κ3) is 4.81. The molecule has 5 heteroatoms. The topological polar surface area (TPSA) is 78.8 Å². The average Bonchev–Trinajstić information content (AvgIpc) is 2.15. The second kappa shape index (κ2) is 5.50. The molecule has 0 aliphatic rings. The lowest BCUT2D eigenvalue weighted by Crippen LogP contribution is -2.52. The summed E-state index contributed by atoms with van der Waals surface area (Å²) < 4.78 is 5.14. The van der Waals surface area contributed by atoms with Crippen LogP contribution in [0.4, 0.5) is 4.79 Å². The minimum absolute atomic E-state index is 0.147. The van der Waals surface area contributed by atoms with Gasteiger partial charge in [0.2, 0.25) is 0 Å². The van der Waals surface area contributed by atoms with Gasteiger partial charge in [-0.15, -0.1) is 0 Å². The molecule has 0 saturated heterocycles. The molecule has 3 N–H and O–H groups in total. The van der Waals surface area contributed by atoms with E-state index in [1.807, 2.05) is 20.8 Å². The predicted molar refractivity (Wildman–Crippen MR) is 61.1 cm³/mol. The van der Waals surface area contributed by atoms with E-state index in [-0.39, 0.29) is 24.7 Å². The number of aliphatic hydroxyl groups is 2. The van der Waals surface area contributed by atoms with Crippen LogP contribution in [0.2, 0.25) is 0 Å². The molecule has 0 aliphatic carbocycles. The maximum absolute atomic E-state index is 11.5. The van der Waals surface area contributed by atoms with Gasteiger partial charge in [0.25, 0.3) is 0 Å². The zero-order valence-corrected chi connectivity index (χ0v) is 10.7. The summed E-state index contributed by atoms with van der Waals surface area (Å²) in [5.74, 6) is 0. The number of aliphatic hydroxyl groups excluding tert-OH is 2. The molecular formula is C11H23NO4. The van der Waals surface area contributed by atoms with E-state index in [4.69, 9.17) is 14.9 Å². The number of rotatable bonds is 4. The molecule has 0 spiro atoms. The van der Waals surface area contributed by atoms with Crippen LogP contribution in [-0.2, 0) is 4.74 Å². The van der Waals surface area contributed by atoms with Crippen molar-refractivity contribution in [3.8, 4) is 0 Å². The molecule has 0 rings (SSSR count). The first-order valence-corrected chi connectivity index (χ1v) is 5.35. The SMILES string of the molecule is C[C@@H](OC(=O)NC(C)(CO)CO)C(C)(C)C. The fourth-order valence-electron chi connectivity index (χ4n) is 0.742. The zero-order valence-electron chi connectivity index (χ0n) is 10.7. The van der Waals surface area contributed by atoms with Crippen LogP contribution in [-0.4, -0.2) is 41.2 Å². The van der Waals surface area contributed by atoms with Crippen LogP contribution < -0.4 is 5.32 Å². The Morgan fingerprint density at radius 2 is 1.69 bits per heavy atom. The number of carbonyl (C=O) groups is 1. The van der Waals surface area contributed by atoms with Gasteiger partial charge >= 0.3 is 6.09 Å². The zero-order chi connectivity index (χ0) is 13.0. The van der Waals surface area contributed by atoms with Gasteiger partial charge in [-0.25, -0.2) is 4.79 Å². The van der Waals surface area contributed by atoms with Crippen molar-refractivity contribution < 1.29 is 19.7 Å². The van der Waals surface area contributed by atoms with E-state index < -0.39 is 11.6 Å². The summed E-state index contributed by atoms with van der Waals surface area (Å²) in [5, 5.41) is 20.4. The smallest absolute Gasteiger partial charge is 0.408 e. The molecule has 0 unspecified atom stereocenters. The molecule has 5 nitrogen and oxygen atoms in total. The molecule has 0 bridgehead atoms. The Kier molecular flexibility index (Phi) is 5.22. The van der Waals surface area contributed by atoms with Crippen LogP contribution in [0.1, 0.15) is 34.6 Å². The van der Waals surface area contributed by atoms with E-state index in [1.165, 1.54) is 6.92 Å². The maximum atomic E-state index is 11.5. The van der Waals surface area contributed by atoms with Gasteiger partial charge in [0, 0.05) is 0 Å². The Hall–Kier alpha value is -0.810. The summed E-state index contributed by atoms with van der Waals surface area (Å²) >= 11 is 0. The lowest BCUT2D eigenvalue weighted by atomic mass is 9.90. The summed E-state index contributed by atoms with van der Waals surface area (Å²) in [5.41, 5.74) is -1.19. The van der Waals surface area contributed by atoms with Crippen molar-refractivity contribution in [2.24, 2.45) is 5.41 Å². The van der Waals surface area contributed by atoms with Gasteiger partial charge in [0.05, 0.1) is 18.8 Å². The van der Waals surface area contributed by atoms with Gasteiger partial charge in [-0.2, -0.15) is 0 Å². The highest BCUT2D eigenvalue weighted by Gasteiger charge is 2.29. The van der Waals surface area contributed by atoms with E-state index in [1.54, 1.807) is 6.92 Å². The van der Waals surface area contributed by atoms with Crippen molar-refractivity contribution >= 4 is 6.09 Å². The third-order valence-electron chi connectivity index (χ3n) is 2.61. The Balaban J connectivity index is 4.29. The van der Waals surface area contributed by atoms with E-state index in [9.17, 15) is 4.79 Å². The first-order chi connectivity index (χ1) is 7.14. The molecule has 0 radical (unpaired) electrons. The van der Waals surface area contributed by atoms with Gasteiger partial charge in [0.15, 0.2) is 0 Å². The summed E-state index contributed by atoms with van der Waals surface area (Å²) in [6.45, 7) is 8.53. The Morgan fingerprint density at radius 1 is 1.25 bits per heavy atom. The number of alkyl carbamates (subject to hydrolysis) is 1.